The van der Waals surface area contributed by atoms with Crippen molar-refractivity contribution in [3.8, 4) is 0 Å². The van der Waals surface area contributed by atoms with E-state index in [0.29, 0.717) is 24.9 Å². The lowest BCUT2D eigenvalue weighted by molar-refractivity contribution is 0.136. The molecule has 0 aliphatic heterocycles. The van der Waals surface area contributed by atoms with E-state index in [9.17, 15) is 13.9 Å². The highest BCUT2D eigenvalue weighted by molar-refractivity contribution is 5.34. The van der Waals surface area contributed by atoms with Crippen LogP contribution in [0.15, 0.2) is 54.6 Å². The zero-order valence-corrected chi connectivity index (χ0v) is 19.0. The molecule has 2 aromatic carbocycles. The van der Waals surface area contributed by atoms with Gasteiger partial charge < -0.3 is 10.4 Å². The van der Waals surface area contributed by atoms with Gasteiger partial charge in [-0.1, -0.05) is 57.2 Å². The second kappa shape index (κ2) is 9.62. The quantitative estimate of drug-likeness (QED) is 0.518. The van der Waals surface area contributed by atoms with Gasteiger partial charge in [-0.05, 0) is 72.8 Å². The fraction of sp³-hybridized carbons (Fsp3) is 0.481. The van der Waals surface area contributed by atoms with E-state index in [1.54, 1.807) is 0 Å². The van der Waals surface area contributed by atoms with Crippen LogP contribution in [0.5, 0.6) is 0 Å². The second-order valence-electron chi connectivity index (χ2n) is 10.0. The molecule has 0 saturated heterocycles. The Bertz CT molecular complexity index is 885. The van der Waals surface area contributed by atoms with Crippen molar-refractivity contribution < 1.29 is 13.9 Å². The first-order valence-corrected chi connectivity index (χ1v) is 11.2. The van der Waals surface area contributed by atoms with E-state index in [-0.39, 0.29) is 11.0 Å². The summed E-state index contributed by atoms with van der Waals surface area (Å²) in [5.41, 5.74) is 4.26. The summed E-state index contributed by atoms with van der Waals surface area (Å²) in [5, 5.41) is 14.3. The number of rotatable bonds is 7. The predicted molar refractivity (Wildman–Crippen MR) is 123 cm³/mol. The van der Waals surface area contributed by atoms with E-state index < -0.39 is 17.7 Å². The summed E-state index contributed by atoms with van der Waals surface area (Å²) in [4.78, 5) is 0. The Kier molecular flexibility index (Phi) is 7.33. The Morgan fingerprint density at radius 3 is 2.32 bits per heavy atom. The van der Waals surface area contributed by atoms with Crippen LogP contribution in [0.25, 0.3) is 0 Å². The van der Waals surface area contributed by atoms with Gasteiger partial charge in [-0.3, -0.25) is 0 Å². The van der Waals surface area contributed by atoms with Crippen LogP contribution in [0.4, 0.5) is 8.78 Å². The molecule has 2 N–H and O–H groups in total. The van der Waals surface area contributed by atoms with Crippen LogP contribution in [-0.2, 0) is 17.4 Å². The van der Waals surface area contributed by atoms with Gasteiger partial charge in [0.15, 0.2) is 0 Å². The summed E-state index contributed by atoms with van der Waals surface area (Å²) in [6, 6.07) is 12.3. The molecule has 2 aromatic rings. The first-order valence-electron chi connectivity index (χ1n) is 11.2. The number of nitrogens with one attached hydrogen (secondary N) is 1. The Hall–Kier alpha value is -2.04. The number of allylic oxidation sites excluding steroid dienone is 1. The normalized spacial score (nSPS) is 17.5. The topological polar surface area (TPSA) is 32.3 Å². The predicted octanol–water partition coefficient (Wildman–Crippen LogP) is 6.17. The smallest absolute Gasteiger partial charge is 0.126 e. The molecule has 0 amide bonds. The highest BCUT2D eigenvalue weighted by atomic mass is 19.1. The van der Waals surface area contributed by atoms with Crippen molar-refractivity contribution in [2.24, 2.45) is 0 Å². The van der Waals surface area contributed by atoms with Crippen molar-refractivity contribution in [1.29, 1.82) is 0 Å². The molecule has 1 saturated carbocycles. The van der Waals surface area contributed by atoms with Crippen molar-refractivity contribution in [3.05, 3.63) is 82.9 Å². The SMILES string of the molecule is C=C1CCC(NC[C@@H](O)CCc2cc(F)cc(F)c2)(c2cccc(C(C)(C)C)c2)CC1. The Morgan fingerprint density at radius 1 is 1.06 bits per heavy atom. The lowest BCUT2D eigenvalue weighted by Crippen LogP contribution is -2.47. The summed E-state index contributed by atoms with van der Waals surface area (Å²) >= 11 is 0. The van der Waals surface area contributed by atoms with E-state index in [4.69, 9.17) is 0 Å². The number of benzene rings is 2. The molecule has 1 aliphatic carbocycles. The van der Waals surface area contributed by atoms with E-state index in [1.165, 1.54) is 28.8 Å². The molecule has 0 unspecified atom stereocenters. The summed E-state index contributed by atoms with van der Waals surface area (Å²) in [6.45, 7) is 11.2. The number of aliphatic hydroxyl groups excluding tert-OH is 1. The van der Waals surface area contributed by atoms with Gasteiger partial charge in [-0.15, -0.1) is 0 Å². The minimum absolute atomic E-state index is 0.0647. The molecule has 0 aromatic heterocycles. The van der Waals surface area contributed by atoms with Crippen LogP contribution in [0.3, 0.4) is 0 Å². The first kappa shape index (κ1) is 23.6. The van der Waals surface area contributed by atoms with Crippen molar-refractivity contribution in [2.75, 3.05) is 6.54 Å². The van der Waals surface area contributed by atoms with Crippen molar-refractivity contribution >= 4 is 0 Å². The van der Waals surface area contributed by atoms with Crippen LogP contribution in [0, 0.1) is 11.6 Å². The molecule has 0 radical (unpaired) electrons. The minimum Gasteiger partial charge on any atom is -0.392 e. The number of hydrogen-bond acceptors (Lipinski definition) is 2. The molecular weight excluding hydrogens is 392 g/mol. The van der Waals surface area contributed by atoms with Crippen LogP contribution in [-0.4, -0.2) is 17.8 Å². The lowest BCUT2D eigenvalue weighted by atomic mass is 9.73. The highest BCUT2D eigenvalue weighted by Gasteiger charge is 2.35. The van der Waals surface area contributed by atoms with Gasteiger partial charge in [0.1, 0.15) is 11.6 Å². The molecule has 0 heterocycles. The van der Waals surface area contributed by atoms with Gasteiger partial charge in [-0.2, -0.15) is 0 Å². The number of halogens is 2. The summed E-state index contributed by atoms with van der Waals surface area (Å²) < 4.78 is 26.8. The van der Waals surface area contributed by atoms with Crippen LogP contribution in [0.1, 0.15) is 69.6 Å². The third kappa shape index (κ3) is 6.24. The Balaban J connectivity index is 1.70. The lowest BCUT2D eigenvalue weighted by Gasteiger charge is -2.41. The maximum atomic E-state index is 13.4. The minimum atomic E-state index is -0.598. The maximum Gasteiger partial charge on any atom is 0.126 e. The maximum absolute atomic E-state index is 13.4. The molecule has 1 aliphatic rings. The van der Waals surface area contributed by atoms with Gasteiger partial charge in [0.05, 0.1) is 6.10 Å². The molecule has 1 atom stereocenters. The van der Waals surface area contributed by atoms with Crippen LogP contribution >= 0.6 is 0 Å². The number of aliphatic hydroxyl groups is 1. The summed E-state index contributed by atoms with van der Waals surface area (Å²) in [6.07, 6.45) is 4.10. The number of hydrogen-bond donors (Lipinski definition) is 2. The Morgan fingerprint density at radius 2 is 1.71 bits per heavy atom. The van der Waals surface area contributed by atoms with E-state index in [1.807, 2.05) is 0 Å². The molecular formula is C27H35F2NO. The zero-order valence-electron chi connectivity index (χ0n) is 19.0. The van der Waals surface area contributed by atoms with Crippen LogP contribution in [0.2, 0.25) is 0 Å². The van der Waals surface area contributed by atoms with E-state index in [2.05, 4.69) is 56.9 Å². The van der Waals surface area contributed by atoms with Gasteiger partial charge in [0, 0.05) is 18.2 Å². The van der Waals surface area contributed by atoms with E-state index >= 15 is 0 Å². The van der Waals surface area contributed by atoms with E-state index in [0.717, 1.165) is 31.7 Å². The molecule has 0 spiro atoms. The third-order valence-electron chi connectivity index (χ3n) is 6.46. The monoisotopic (exact) mass is 427 g/mol. The molecule has 168 valence electrons. The molecule has 0 bridgehead atoms. The molecule has 2 nitrogen and oxygen atoms in total. The van der Waals surface area contributed by atoms with Gasteiger partial charge >= 0.3 is 0 Å². The van der Waals surface area contributed by atoms with Crippen molar-refractivity contribution in [3.63, 3.8) is 0 Å². The summed E-state index contributed by atoms with van der Waals surface area (Å²) in [5.74, 6) is -1.16. The van der Waals surface area contributed by atoms with Crippen molar-refractivity contribution in [2.45, 2.75) is 76.4 Å². The molecule has 4 heteroatoms. The zero-order chi connectivity index (χ0) is 22.6. The average molecular weight is 428 g/mol. The second-order valence-corrected chi connectivity index (χ2v) is 10.0. The van der Waals surface area contributed by atoms with Crippen molar-refractivity contribution in [1.82, 2.24) is 5.32 Å². The van der Waals surface area contributed by atoms with Gasteiger partial charge in [-0.25, -0.2) is 8.78 Å². The molecule has 1 fully saturated rings. The third-order valence-corrected chi connectivity index (χ3v) is 6.46. The average Bonchev–Trinajstić information content (AvgIpc) is 2.71. The summed E-state index contributed by atoms with van der Waals surface area (Å²) in [7, 11) is 0. The molecule has 31 heavy (non-hydrogen) atoms. The highest BCUT2D eigenvalue weighted by Crippen LogP contribution is 2.40. The van der Waals surface area contributed by atoms with Gasteiger partial charge in [0.25, 0.3) is 0 Å². The fourth-order valence-electron chi connectivity index (χ4n) is 4.39. The largest absolute Gasteiger partial charge is 0.392 e. The van der Waals surface area contributed by atoms with Gasteiger partial charge in [0.2, 0.25) is 0 Å². The number of aryl methyl sites for hydroxylation is 1. The molecule has 3 rings (SSSR count). The standard InChI is InChI=1S/C27H35F2NO/c1-19-10-12-27(13-11-19,22-7-5-6-21(16-22)26(2,3)4)30-18-25(31)9-8-20-14-23(28)17-24(29)15-20/h5-7,14-17,25,30-31H,1,8-13,18H2,2-4H3/t25-/m0/s1. The fourth-order valence-corrected chi connectivity index (χ4v) is 4.39. The first-order chi connectivity index (χ1) is 14.6. The van der Waals surface area contributed by atoms with Crippen LogP contribution < -0.4 is 5.32 Å². The Labute approximate surface area is 185 Å².